The molecular weight excluding hydrogens is 518 g/mol. The average molecular weight is 546 g/mol. The monoisotopic (exact) mass is 545 g/mol. The number of benzene rings is 3. The largest absolute Gasteiger partial charge is 0.493 e. The first kappa shape index (κ1) is 27.5. The van der Waals surface area contributed by atoms with Crippen molar-refractivity contribution in [1.82, 2.24) is 4.90 Å². The quantitative estimate of drug-likeness (QED) is 0.294. The lowest BCUT2D eigenvalue weighted by Gasteiger charge is -2.11. The molecule has 1 aliphatic heterocycles. The number of amidine groups is 1. The normalized spacial score (nSPS) is 14.9. The number of carbonyl (C=O) groups excluding carboxylic acids is 3. The number of hydrogen-bond donors (Lipinski definition) is 1. The zero-order valence-electron chi connectivity index (χ0n) is 21.7. The molecule has 4 rings (SSSR count). The zero-order valence-corrected chi connectivity index (χ0v) is 22.5. The molecule has 1 N–H and O–H groups in total. The Morgan fingerprint density at radius 1 is 1.03 bits per heavy atom. The van der Waals surface area contributed by atoms with Crippen LogP contribution in [0.3, 0.4) is 0 Å². The SMILES string of the molecule is CCOC(=O)c1cccc(N=C2SC(=Cc3ccc(OCC(=O)Nc4ccccc4)c(OC)c3)C(=O)N2C)c1. The van der Waals surface area contributed by atoms with Gasteiger partial charge >= 0.3 is 5.97 Å². The molecule has 0 saturated carbocycles. The smallest absolute Gasteiger partial charge is 0.338 e. The topological polar surface area (TPSA) is 107 Å². The van der Waals surface area contributed by atoms with Crippen LogP contribution in [0.15, 0.2) is 82.7 Å². The van der Waals surface area contributed by atoms with E-state index in [4.69, 9.17) is 14.2 Å². The van der Waals surface area contributed by atoms with Crippen LogP contribution in [0.25, 0.3) is 6.08 Å². The Labute approximate surface area is 230 Å². The number of likely N-dealkylation sites (N-methyl/N-ethyl adjacent to an activating group) is 1. The summed E-state index contributed by atoms with van der Waals surface area (Å²) in [5.74, 6) is -0.122. The summed E-state index contributed by atoms with van der Waals surface area (Å²) >= 11 is 1.22. The van der Waals surface area contributed by atoms with E-state index in [-0.39, 0.29) is 25.0 Å². The number of carbonyl (C=O) groups is 3. The van der Waals surface area contributed by atoms with Gasteiger partial charge in [0, 0.05) is 12.7 Å². The molecule has 2 amide bonds. The fourth-order valence-electron chi connectivity index (χ4n) is 3.59. The molecule has 0 aliphatic carbocycles. The van der Waals surface area contributed by atoms with Crippen molar-refractivity contribution in [2.75, 3.05) is 32.7 Å². The first-order valence-corrected chi connectivity index (χ1v) is 12.9. The van der Waals surface area contributed by atoms with Gasteiger partial charge in [-0.1, -0.05) is 30.3 Å². The summed E-state index contributed by atoms with van der Waals surface area (Å²) in [4.78, 5) is 43.6. The fourth-order valence-corrected chi connectivity index (χ4v) is 4.57. The summed E-state index contributed by atoms with van der Waals surface area (Å²) in [6, 6.07) is 21.0. The van der Waals surface area contributed by atoms with Crippen LogP contribution in [-0.4, -0.2) is 55.2 Å². The van der Waals surface area contributed by atoms with E-state index < -0.39 is 5.97 Å². The summed E-state index contributed by atoms with van der Waals surface area (Å²) < 4.78 is 16.2. The second kappa shape index (κ2) is 12.8. The Hall–Kier alpha value is -4.57. The molecule has 1 saturated heterocycles. The van der Waals surface area contributed by atoms with E-state index in [9.17, 15) is 14.4 Å². The van der Waals surface area contributed by atoms with Crippen molar-refractivity contribution in [2.45, 2.75) is 6.92 Å². The summed E-state index contributed by atoms with van der Waals surface area (Å²) in [7, 11) is 3.14. The Balaban J connectivity index is 1.46. The molecule has 0 atom stereocenters. The molecule has 1 aliphatic rings. The highest BCUT2D eigenvalue weighted by atomic mass is 32.2. The number of para-hydroxylation sites is 1. The van der Waals surface area contributed by atoms with E-state index >= 15 is 0 Å². The molecule has 0 aromatic heterocycles. The van der Waals surface area contributed by atoms with Gasteiger partial charge in [-0.25, -0.2) is 9.79 Å². The van der Waals surface area contributed by atoms with Gasteiger partial charge in [0.05, 0.1) is 29.9 Å². The van der Waals surface area contributed by atoms with Crippen molar-refractivity contribution in [1.29, 1.82) is 0 Å². The molecule has 1 heterocycles. The number of rotatable bonds is 9. The molecule has 0 bridgehead atoms. The minimum Gasteiger partial charge on any atom is -0.493 e. The van der Waals surface area contributed by atoms with Crippen LogP contribution in [0.1, 0.15) is 22.8 Å². The van der Waals surface area contributed by atoms with Gasteiger partial charge in [0.15, 0.2) is 23.3 Å². The first-order chi connectivity index (χ1) is 18.9. The van der Waals surface area contributed by atoms with Crippen molar-refractivity contribution >= 4 is 52.2 Å². The Bertz CT molecular complexity index is 1440. The van der Waals surface area contributed by atoms with Gasteiger partial charge in [0.1, 0.15) is 0 Å². The summed E-state index contributed by atoms with van der Waals surface area (Å²) in [5, 5.41) is 3.24. The number of methoxy groups -OCH3 is 1. The van der Waals surface area contributed by atoms with E-state index in [1.807, 2.05) is 18.2 Å². The number of esters is 1. The van der Waals surface area contributed by atoms with Crippen LogP contribution in [0.5, 0.6) is 11.5 Å². The van der Waals surface area contributed by atoms with Gasteiger partial charge < -0.3 is 19.5 Å². The number of hydrogen-bond acceptors (Lipinski definition) is 8. The second-order valence-electron chi connectivity index (χ2n) is 8.25. The van der Waals surface area contributed by atoms with Crippen molar-refractivity contribution < 1.29 is 28.6 Å². The van der Waals surface area contributed by atoms with E-state index in [0.29, 0.717) is 44.1 Å². The fraction of sp³-hybridized carbons (Fsp3) is 0.172. The molecule has 9 nitrogen and oxygen atoms in total. The van der Waals surface area contributed by atoms with Crippen LogP contribution < -0.4 is 14.8 Å². The van der Waals surface area contributed by atoms with Gasteiger partial charge in [-0.2, -0.15) is 0 Å². The maximum atomic E-state index is 12.9. The number of anilines is 1. The summed E-state index contributed by atoms with van der Waals surface area (Å²) in [6.45, 7) is 1.83. The van der Waals surface area contributed by atoms with Crippen molar-refractivity contribution in [2.24, 2.45) is 4.99 Å². The third-order valence-electron chi connectivity index (χ3n) is 5.49. The molecule has 39 heavy (non-hydrogen) atoms. The Morgan fingerprint density at radius 2 is 1.82 bits per heavy atom. The average Bonchev–Trinajstić information content (AvgIpc) is 3.20. The van der Waals surface area contributed by atoms with Gasteiger partial charge in [0.2, 0.25) is 0 Å². The Morgan fingerprint density at radius 3 is 2.56 bits per heavy atom. The molecule has 10 heteroatoms. The summed E-state index contributed by atoms with van der Waals surface area (Å²) in [6.07, 6.45) is 1.73. The van der Waals surface area contributed by atoms with E-state index in [1.165, 1.54) is 23.8 Å². The molecule has 0 radical (unpaired) electrons. The maximum Gasteiger partial charge on any atom is 0.338 e. The predicted octanol–water partition coefficient (Wildman–Crippen LogP) is 5.12. The minimum absolute atomic E-state index is 0.192. The van der Waals surface area contributed by atoms with E-state index in [1.54, 1.807) is 74.6 Å². The van der Waals surface area contributed by atoms with Gasteiger partial charge in [-0.3, -0.25) is 14.5 Å². The Kier molecular flexibility index (Phi) is 9.01. The lowest BCUT2D eigenvalue weighted by Crippen LogP contribution is -2.23. The van der Waals surface area contributed by atoms with Gasteiger partial charge in [-0.15, -0.1) is 0 Å². The molecule has 200 valence electrons. The zero-order chi connectivity index (χ0) is 27.8. The molecule has 0 unspecified atom stereocenters. The van der Waals surface area contributed by atoms with Crippen LogP contribution in [-0.2, 0) is 14.3 Å². The van der Waals surface area contributed by atoms with Crippen molar-refractivity contribution in [3.05, 3.63) is 88.8 Å². The first-order valence-electron chi connectivity index (χ1n) is 12.1. The third-order valence-corrected chi connectivity index (χ3v) is 6.55. The highest BCUT2D eigenvalue weighted by Crippen LogP contribution is 2.35. The van der Waals surface area contributed by atoms with Crippen LogP contribution >= 0.6 is 11.8 Å². The van der Waals surface area contributed by atoms with Crippen LogP contribution in [0.2, 0.25) is 0 Å². The molecule has 1 fully saturated rings. The highest BCUT2D eigenvalue weighted by molar-refractivity contribution is 8.18. The number of nitrogens with one attached hydrogen (secondary N) is 1. The minimum atomic E-state index is -0.429. The van der Waals surface area contributed by atoms with Crippen molar-refractivity contribution in [3.63, 3.8) is 0 Å². The molecule has 3 aromatic rings. The van der Waals surface area contributed by atoms with Crippen molar-refractivity contribution in [3.8, 4) is 11.5 Å². The van der Waals surface area contributed by atoms with E-state index in [0.717, 1.165) is 0 Å². The number of nitrogens with zero attached hydrogens (tertiary/aromatic N) is 2. The standard InChI is InChI=1S/C29H27N3O6S/c1-4-37-28(35)20-9-8-12-22(17-20)31-29-32(2)27(34)25(39-29)16-19-13-14-23(24(15-19)36-3)38-18-26(33)30-21-10-6-5-7-11-21/h5-17H,4,18H2,1-3H3,(H,30,33). The van der Waals surface area contributed by atoms with Gasteiger partial charge in [-0.05, 0) is 72.8 Å². The van der Waals surface area contributed by atoms with Crippen LogP contribution in [0, 0.1) is 0 Å². The molecule has 3 aromatic carbocycles. The maximum absolute atomic E-state index is 12.9. The van der Waals surface area contributed by atoms with Gasteiger partial charge in [0.25, 0.3) is 11.8 Å². The second-order valence-corrected chi connectivity index (χ2v) is 9.26. The van der Waals surface area contributed by atoms with Crippen LogP contribution in [0.4, 0.5) is 11.4 Å². The lowest BCUT2D eigenvalue weighted by atomic mass is 10.2. The number of aliphatic imine (C=N–C) groups is 1. The number of ether oxygens (including phenoxy) is 3. The van der Waals surface area contributed by atoms with E-state index in [2.05, 4.69) is 10.3 Å². The highest BCUT2D eigenvalue weighted by Gasteiger charge is 2.30. The molecule has 0 spiro atoms. The lowest BCUT2D eigenvalue weighted by molar-refractivity contribution is -0.121. The summed E-state index contributed by atoms with van der Waals surface area (Å²) in [5.41, 5.74) is 2.31. The number of amides is 2. The third kappa shape index (κ3) is 7.05. The molecular formula is C29H27N3O6S. The predicted molar refractivity (Wildman–Crippen MR) is 151 cm³/mol. The number of thioether (sulfide) groups is 1.